The number of ether oxygens (including phenoxy) is 2. The third kappa shape index (κ3) is 5.72. The molecule has 1 aromatic rings. The van der Waals surface area contributed by atoms with Crippen molar-refractivity contribution in [2.24, 2.45) is 5.92 Å². The molecule has 0 unspecified atom stereocenters. The highest BCUT2D eigenvalue weighted by molar-refractivity contribution is 5.86. The van der Waals surface area contributed by atoms with Crippen molar-refractivity contribution in [3.8, 4) is 0 Å². The molecular weight excluding hydrogens is 368 g/mol. The molecule has 6 nitrogen and oxygen atoms in total. The predicted molar refractivity (Wildman–Crippen MR) is 112 cm³/mol. The van der Waals surface area contributed by atoms with E-state index in [1.54, 1.807) is 12.0 Å². The topological polar surface area (TPSA) is 59.1 Å². The van der Waals surface area contributed by atoms with Gasteiger partial charge in [-0.2, -0.15) is 0 Å². The van der Waals surface area contributed by atoms with E-state index in [-0.39, 0.29) is 12.0 Å². The van der Waals surface area contributed by atoms with Crippen LogP contribution in [0.25, 0.3) is 0 Å². The fourth-order valence-electron chi connectivity index (χ4n) is 4.24. The zero-order valence-electron chi connectivity index (χ0n) is 18.1. The van der Waals surface area contributed by atoms with Crippen LogP contribution in [0.2, 0.25) is 0 Å². The summed E-state index contributed by atoms with van der Waals surface area (Å²) in [5.41, 5.74) is 0.762. The van der Waals surface area contributed by atoms with E-state index in [0.717, 1.165) is 32.4 Å². The molecule has 29 heavy (non-hydrogen) atoms. The number of carbonyl (C=O) groups excluding carboxylic acids is 2. The molecule has 0 radical (unpaired) electrons. The van der Waals surface area contributed by atoms with Gasteiger partial charge in [0.2, 0.25) is 5.91 Å². The second-order valence-electron chi connectivity index (χ2n) is 9.20. The van der Waals surface area contributed by atoms with E-state index >= 15 is 0 Å². The number of carbonyl (C=O) groups is 2. The van der Waals surface area contributed by atoms with Crippen molar-refractivity contribution >= 4 is 12.0 Å². The van der Waals surface area contributed by atoms with Gasteiger partial charge in [-0.15, -0.1) is 0 Å². The summed E-state index contributed by atoms with van der Waals surface area (Å²) in [6.45, 7) is 7.39. The summed E-state index contributed by atoms with van der Waals surface area (Å²) in [6.07, 6.45) is 3.00. The van der Waals surface area contributed by atoms with Gasteiger partial charge in [0.1, 0.15) is 11.6 Å². The summed E-state index contributed by atoms with van der Waals surface area (Å²) < 4.78 is 11.0. The molecule has 0 N–H and O–H groups in total. The number of nitrogens with zero attached hydrogens (tertiary/aromatic N) is 2. The number of rotatable bonds is 4. The van der Waals surface area contributed by atoms with Crippen LogP contribution in [0.3, 0.4) is 0 Å². The number of hydrogen-bond donors (Lipinski definition) is 0. The molecule has 2 fully saturated rings. The molecule has 160 valence electrons. The first-order valence-electron chi connectivity index (χ1n) is 10.6. The first-order valence-corrected chi connectivity index (χ1v) is 10.6. The van der Waals surface area contributed by atoms with Crippen LogP contribution in [0.15, 0.2) is 30.3 Å². The molecular formula is C23H34N2O4. The van der Waals surface area contributed by atoms with E-state index in [2.05, 4.69) is 24.3 Å². The van der Waals surface area contributed by atoms with E-state index in [1.807, 2.05) is 31.7 Å². The van der Waals surface area contributed by atoms with Crippen LogP contribution < -0.4 is 0 Å². The Hall–Kier alpha value is -2.08. The third-order valence-corrected chi connectivity index (χ3v) is 5.80. The average Bonchev–Trinajstić information content (AvgIpc) is 3.12. The van der Waals surface area contributed by atoms with Gasteiger partial charge in [-0.25, -0.2) is 4.79 Å². The summed E-state index contributed by atoms with van der Waals surface area (Å²) in [5, 5.41) is 0. The minimum Gasteiger partial charge on any atom is -0.444 e. The Labute approximate surface area is 174 Å². The molecule has 2 atom stereocenters. The van der Waals surface area contributed by atoms with Crippen LogP contribution in [0, 0.1) is 5.92 Å². The Morgan fingerprint density at radius 2 is 1.76 bits per heavy atom. The van der Waals surface area contributed by atoms with Crippen LogP contribution in [0.1, 0.15) is 45.6 Å². The zero-order valence-corrected chi connectivity index (χ0v) is 18.1. The van der Waals surface area contributed by atoms with Gasteiger partial charge in [0, 0.05) is 26.6 Å². The standard InChI is InChI=1S/C23H34N2O4/c1-23(2,3)29-22(27)25-16-19(28-4)15-20(25)21(26)24-12-10-18(11-13-24)14-17-8-6-5-7-9-17/h5-9,18-20H,10-16H2,1-4H3/t19-,20+/m1/s1. The fraction of sp³-hybridized carbons (Fsp3) is 0.652. The summed E-state index contributed by atoms with van der Waals surface area (Å²) in [5.74, 6) is 0.618. The van der Waals surface area contributed by atoms with Gasteiger partial charge < -0.3 is 14.4 Å². The Morgan fingerprint density at radius 3 is 2.34 bits per heavy atom. The highest BCUT2D eigenvalue weighted by Crippen LogP contribution is 2.27. The number of piperidine rings is 1. The van der Waals surface area contributed by atoms with Crippen molar-refractivity contribution in [3.05, 3.63) is 35.9 Å². The Morgan fingerprint density at radius 1 is 1.10 bits per heavy atom. The smallest absolute Gasteiger partial charge is 0.411 e. The molecule has 6 heteroatoms. The van der Waals surface area contributed by atoms with Gasteiger partial charge in [-0.05, 0) is 51.5 Å². The lowest BCUT2D eigenvalue weighted by Gasteiger charge is -2.35. The van der Waals surface area contributed by atoms with Gasteiger partial charge in [0.15, 0.2) is 0 Å². The maximum absolute atomic E-state index is 13.2. The van der Waals surface area contributed by atoms with E-state index < -0.39 is 17.7 Å². The lowest BCUT2D eigenvalue weighted by Crippen LogP contribution is -2.51. The largest absolute Gasteiger partial charge is 0.444 e. The van der Waals surface area contributed by atoms with Crippen LogP contribution in [-0.2, 0) is 20.7 Å². The number of amides is 2. The van der Waals surface area contributed by atoms with E-state index in [1.165, 1.54) is 5.56 Å². The quantitative estimate of drug-likeness (QED) is 0.774. The first kappa shape index (κ1) is 21.6. The molecule has 2 heterocycles. The number of likely N-dealkylation sites (tertiary alicyclic amines) is 2. The van der Waals surface area contributed by atoms with Crippen molar-refractivity contribution < 1.29 is 19.1 Å². The van der Waals surface area contributed by atoms with Gasteiger partial charge >= 0.3 is 6.09 Å². The molecule has 0 bridgehead atoms. The molecule has 2 saturated heterocycles. The maximum atomic E-state index is 13.2. The SMILES string of the molecule is CO[C@@H]1C[C@@H](C(=O)N2CCC(Cc3ccccc3)CC2)N(C(=O)OC(C)(C)C)C1. The summed E-state index contributed by atoms with van der Waals surface area (Å²) in [6, 6.07) is 10.0. The molecule has 0 aliphatic carbocycles. The molecule has 2 aliphatic rings. The summed E-state index contributed by atoms with van der Waals surface area (Å²) in [7, 11) is 1.62. The van der Waals surface area contributed by atoms with Crippen molar-refractivity contribution in [1.29, 1.82) is 0 Å². The molecule has 0 aromatic heterocycles. The molecule has 2 aliphatic heterocycles. The average molecular weight is 403 g/mol. The maximum Gasteiger partial charge on any atom is 0.411 e. The van der Waals surface area contributed by atoms with Crippen LogP contribution in [0.5, 0.6) is 0 Å². The van der Waals surface area contributed by atoms with Crippen molar-refractivity contribution in [3.63, 3.8) is 0 Å². The minimum atomic E-state index is -0.592. The molecule has 0 spiro atoms. The highest BCUT2D eigenvalue weighted by atomic mass is 16.6. The number of hydrogen-bond acceptors (Lipinski definition) is 4. The molecule has 1 aromatic carbocycles. The Balaban J connectivity index is 1.58. The summed E-state index contributed by atoms with van der Waals surface area (Å²) >= 11 is 0. The highest BCUT2D eigenvalue weighted by Gasteiger charge is 2.43. The zero-order chi connectivity index (χ0) is 21.0. The molecule has 0 saturated carbocycles. The van der Waals surface area contributed by atoms with Crippen LogP contribution >= 0.6 is 0 Å². The van der Waals surface area contributed by atoms with Crippen LogP contribution in [0.4, 0.5) is 4.79 Å². The fourth-order valence-corrected chi connectivity index (χ4v) is 4.24. The van der Waals surface area contributed by atoms with Gasteiger partial charge in [-0.1, -0.05) is 30.3 Å². The Kier molecular flexibility index (Phi) is 6.83. The van der Waals surface area contributed by atoms with Crippen molar-refractivity contribution in [1.82, 2.24) is 9.80 Å². The lowest BCUT2D eigenvalue weighted by molar-refractivity contribution is -0.137. The third-order valence-electron chi connectivity index (χ3n) is 5.80. The number of benzene rings is 1. The minimum absolute atomic E-state index is 0.0218. The van der Waals surface area contributed by atoms with Crippen molar-refractivity contribution in [2.75, 3.05) is 26.7 Å². The first-order chi connectivity index (χ1) is 13.8. The van der Waals surface area contributed by atoms with E-state index in [4.69, 9.17) is 9.47 Å². The van der Waals surface area contributed by atoms with Gasteiger partial charge in [0.05, 0.1) is 12.6 Å². The number of methoxy groups -OCH3 is 1. The second-order valence-corrected chi connectivity index (χ2v) is 9.20. The molecule has 3 rings (SSSR count). The monoisotopic (exact) mass is 402 g/mol. The second kappa shape index (κ2) is 9.16. The molecule has 2 amide bonds. The predicted octanol–water partition coefficient (Wildman–Crippen LogP) is 3.49. The van der Waals surface area contributed by atoms with Gasteiger partial charge in [0.25, 0.3) is 0 Å². The van der Waals surface area contributed by atoms with Gasteiger partial charge in [-0.3, -0.25) is 9.69 Å². The summed E-state index contributed by atoms with van der Waals surface area (Å²) in [4.78, 5) is 29.4. The lowest BCUT2D eigenvalue weighted by atomic mass is 9.90. The van der Waals surface area contributed by atoms with Crippen LogP contribution in [-0.4, -0.2) is 66.3 Å². The Bertz CT molecular complexity index is 693. The van der Waals surface area contributed by atoms with E-state index in [9.17, 15) is 9.59 Å². The normalized spacial score (nSPS) is 23.3. The van der Waals surface area contributed by atoms with Crippen molar-refractivity contribution in [2.45, 2.75) is 64.2 Å². The van der Waals surface area contributed by atoms with E-state index in [0.29, 0.717) is 18.9 Å².